The molecule has 0 aliphatic carbocycles. The molecule has 0 bridgehead atoms. The summed E-state index contributed by atoms with van der Waals surface area (Å²) in [5, 5.41) is -0.00498. The standard InChI is InChI=1S/C7H9F3N2OS.ClH/c1-4(11)5-2-12-6(14-5)13-3-7(8,9)10;/h2,4H,3,11H2,1H3;1H/t4-;/m1./s1. The van der Waals surface area contributed by atoms with E-state index in [9.17, 15) is 13.2 Å². The highest BCUT2D eigenvalue weighted by molar-refractivity contribution is 7.13. The number of thiazole rings is 1. The van der Waals surface area contributed by atoms with Gasteiger partial charge >= 0.3 is 6.18 Å². The van der Waals surface area contributed by atoms with Gasteiger partial charge in [0.1, 0.15) is 0 Å². The first-order valence-corrected chi connectivity index (χ1v) is 4.61. The first kappa shape index (κ1) is 14.5. The Morgan fingerprint density at radius 3 is 2.60 bits per heavy atom. The number of rotatable bonds is 3. The van der Waals surface area contributed by atoms with Crippen molar-refractivity contribution in [2.24, 2.45) is 5.73 Å². The third-order valence-electron chi connectivity index (χ3n) is 1.31. The van der Waals surface area contributed by atoms with Gasteiger partial charge in [-0.1, -0.05) is 11.3 Å². The Morgan fingerprint density at radius 1 is 1.60 bits per heavy atom. The highest BCUT2D eigenvalue weighted by Crippen LogP contribution is 2.26. The second-order valence-corrected chi connectivity index (χ2v) is 3.75. The molecule has 0 unspecified atom stereocenters. The summed E-state index contributed by atoms with van der Waals surface area (Å²) in [6.45, 7) is 0.403. The number of hydrogen-bond donors (Lipinski definition) is 1. The second-order valence-electron chi connectivity index (χ2n) is 2.72. The van der Waals surface area contributed by atoms with Gasteiger partial charge in [-0.3, -0.25) is 0 Å². The summed E-state index contributed by atoms with van der Waals surface area (Å²) in [6.07, 6.45) is -2.92. The van der Waals surface area contributed by atoms with E-state index in [1.807, 2.05) is 0 Å². The summed E-state index contributed by atoms with van der Waals surface area (Å²) in [6, 6.07) is -0.240. The Morgan fingerprint density at radius 2 is 2.20 bits per heavy atom. The molecule has 0 saturated carbocycles. The quantitative estimate of drug-likeness (QED) is 0.911. The molecule has 8 heteroatoms. The normalized spacial score (nSPS) is 13.1. The monoisotopic (exact) mass is 262 g/mol. The molecule has 0 radical (unpaired) electrons. The van der Waals surface area contributed by atoms with Crippen molar-refractivity contribution in [1.82, 2.24) is 4.98 Å². The molecule has 1 rings (SSSR count). The van der Waals surface area contributed by atoms with Crippen LogP contribution < -0.4 is 10.5 Å². The van der Waals surface area contributed by atoms with Crippen LogP contribution in [0.2, 0.25) is 0 Å². The van der Waals surface area contributed by atoms with E-state index in [1.165, 1.54) is 6.20 Å². The fourth-order valence-corrected chi connectivity index (χ4v) is 1.41. The smallest absolute Gasteiger partial charge is 0.422 e. The van der Waals surface area contributed by atoms with Crippen molar-refractivity contribution >= 4 is 23.7 Å². The van der Waals surface area contributed by atoms with E-state index >= 15 is 0 Å². The molecule has 0 aliphatic rings. The molecule has 0 fully saturated rings. The number of hydrogen-bond acceptors (Lipinski definition) is 4. The van der Waals surface area contributed by atoms with Crippen molar-refractivity contribution in [3.8, 4) is 5.19 Å². The van der Waals surface area contributed by atoms with Gasteiger partial charge in [0, 0.05) is 17.1 Å². The van der Waals surface area contributed by atoms with E-state index in [-0.39, 0.29) is 23.6 Å². The average Bonchev–Trinajstić information content (AvgIpc) is 2.47. The maximum absolute atomic E-state index is 11.7. The number of ether oxygens (including phenoxy) is 1. The Hall–Kier alpha value is -0.530. The molecule has 15 heavy (non-hydrogen) atoms. The van der Waals surface area contributed by atoms with Crippen molar-refractivity contribution < 1.29 is 17.9 Å². The minimum absolute atomic E-state index is 0. The molecule has 0 amide bonds. The third-order valence-corrected chi connectivity index (χ3v) is 2.42. The van der Waals surface area contributed by atoms with Crippen LogP contribution in [-0.2, 0) is 0 Å². The summed E-state index contributed by atoms with van der Waals surface area (Å²) in [4.78, 5) is 4.35. The number of nitrogens with two attached hydrogens (primary N) is 1. The minimum Gasteiger partial charge on any atom is -0.460 e. The Balaban J connectivity index is 0.00000196. The van der Waals surface area contributed by atoms with Crippen LogP contribution in [0.1, 0.15) is 17.8 Å². The maximum atomic E-state index is 11.7. The first-order chi connectivity index (χ1) is 6.38. The fourth-order valence-electron chi connectivity index (χ4n) is 0.691. The van der Waals surface area contributed by atoms with Crippen molar-refractivity contribution in [2.45, 2.75) is 19.1 Å². The summed E-state index contributed by atoms with van der Waals surface area (Å²) in [5.41, 5.74) is 5.50. The van der Waals surface area contributed by atoms with Crippen LogP contribution in [0.25, 0.3) is 0 Å². The van der Waals surface area contributed by atoms with Gasteiger partial charge in [0.05, 0.1) is 0 Å². The molecule has 0 aliphatic heterocycles. The largest absolute Gasteiger partial charge is 0.460 e. The molecule has 1 atom stereocenters. The van der Waals surface area contributed by atoms with Crippen LogP contribution >= 0.6 is 23.7 Å². The highest BCUT2D eigenvalue weighted by atomic mass is 35.5. The number of aromatic nitrogens is 1. The SMILES string of the molecule is C[C@@H](N)c1cnc(OCC(F)(F)F)s1.Cl. The highest BCUT2D eigenvalue weighted by Gasteiger charge is 2.29. The van der Waals surface area contributed by atoms with Crippen molar-refractivity contribution in [2.75, 3.05) is 6.61 Å². The van der Waals surface area contributed by atoms with Crippen LogP contribution in [0.3, 0.4) is 0 Å². The summed E-state index contributed by atoms with van der Waals surface area (Å²) in [7, 11) is 0. The molecular weight excluding hydrogens is 253 g/mol. The Labute approximate surface area is 94.9 Å². The first-order valence-electron chi connectivity index (χ1n) is 3.79. The van der Waals surface area contributed by atoms with Crippen molar-refractivity contribution in [1.29, 1.82) is 0 Å². The summed E-state index contributed by atoms with van der Waals surface area (Å²) < 4.78 is 39.6. The van der Waals surface area contributed by atoms with Crippen LogP contribution in [0.15, 0.2) is 6.20 Å². The van der Waals surface area contributed by atoms with E-state index in [4.69, 9.17) is 5.73 Å². The zero-order valence-electron chi connectivity index (χ0n) is 7.75. The molecule has 2 N–H and O–H groups in total. The lowest BCUT2D eigenvalue weighted by Crippen LogP contribution is -2.19. The van der Waals surface area contributed by atoms with E-state index in [1.54, 1.807) is 6.92 Å². The van der Waals surface area contributed by atoms with Gasteiger partial charge in [-0.15, -0.1) is 12.4 Å². The molecule has 0 saturated heterocycles. The predicted molar refractivity (Wildman–Crippen MR) is 53.5 cm³/mol. The van der Waals surface area contributed by atoms with E-state index < -0.39 is 12.8 Å². The maximum Gasteiger partial charge on any atom is 0.422 e. The lowest BCUT2D eigenvalue weighted by atomic mass is 10.3. The molecule has 88 valence electrons. The van der Waals surface area contributed by atoms with Crippen LogP contribution in [0.5, 0.6) is 5.19 Å². The number of alkyl halides is 3. The van der Waals surface area contributed by atoms with E-state index in [0.29, 0.717) is 4.88 Å². The second kappa shape index (κ2) is 5.53. The summed E-state index contributed by atoms with van der Waals surface area (Å²) >= 11 is 1.02. The fraction of sp³-hybridized carbons (Fsp3) is 0.571. The topological polar surface area (TPSA) is 48.1 Å². The molecule has 0 spiro atoms. The van der Waals surface area contributed by atoms with Gasteiger partial charge in [-0.25, -0.2) is 4.98 Å². The molecule has 3 nitrogen and oxygen atoms in total. The van der Waals surface area contributed by atoms with Crippen molar-refractivity contribution in [3.05, 3.63) is 11.1 Å². The van der Waals surface area contributed by atoms with Gasteiger partial charge in [-0.05, 0) is 6.92 Å². The van der Waals surface area contributed by atoms with Gasteiger partial charge in [-0.2, -0.15) is 13.2 Å². The number of nitrogens with zero attached hydrogens (tertiary/aromatic N) is 1. The number of halogens is 4. The van der Waals surface area contributed by atoms with Gasteiger partial charge in [0.25, 0.3) is 5.19 Å². The molecule has 0 aromatic carbocycles. The molecule has 1 aromatic heterocycles. The lowest BCUT2D eigenvalue weighted by molar-refractivity contribution is -0.153. The Kier molecular flexibility index (Phi) is 5.33. The minimum atomic E-state index is -4.33. The van der Waals surface area contributed by atoms with Crippen molar-refractivity contribution in [3.63, 3.8) is 0 Å². The van der Waals surface area contributed by atoms with Gasteiger partial charge in [0.2, 0.25) is 0 Å². The van der Waals surface area contributed by atoms with Gasteiger partial charge in [0.15, 0.2) is 6.61 Å². The molecular formula is C7H10ClF3N2OS. The van der Waals surface area contributed by atoms with Crippen LogP contribution in [-0.4, -0.2) is 17.8 Å². The molecule has 1 heterocycles. The Bertz CT molecular complexity index is 303. The lowest BCUT2D eigenvalue weighted by Gasteiger charge is -2.05. The predicted octanol–water partition coefficient (Wildman–Crippen LogP) is 2.53. The van der Waals surface area contributed by atoms with Crippen LogP contribution in [0.4, 0.5) is 13.2 Å². The molecule has 1 aromatic rings. The van der Waals surface area contributed by atoms with Gasteiger partial charge < -0.3 is 10.5 Å². The van der Waals surface area contributed by atoms with Crippen LogP contribution in [0, 0.1) is 0 Å². The zero-order valence-corrected chi connectivity index (χ0v) is 9.38. The summed E-state index contributed by atoms with van der Waals surface area (Å²) in [5.74, 6) is 0. The van der Waals surface area contributed by atoms with E-state index in [0.717, 1.165) is 11.3 Å². The zero-order chi connectivity index (χ0) is 10.8. The van der Waals surface area contributed by atoms with E-state index in [2.05, 4.69) is 9.72 Å². The average molecular weight is 263 g/mol. The third kappa shape index (κ3) is 5.19.